The maximum absolute atomic E-state index is 11.3. The Morgan fingerprint density at radius 2 is 2.00 bits per heavy atom. The molecule has 0 saturated heterocycles. The number of carboxylic acid groups (broad SMARTS) is 1. The first-order valence-electron chi connectivity index (χ1n) is 4.74. The Hall–Kier alpha value is -1.06. The fourth-order valence-corrected chi connectivity index (χ4v) is 1.37. The maximum atomic E-state index is 11.3. The van der Waals surface area contributed by atoms with E-state index in [2.05, 4.69) is 0 Å². The second-order valence-electron chi connectivity index (χ2n) is 4.73. The molecule has 0 aromatic rings. The molecule has 0 aromatic heterocycles. The monoisotopic (exact) mass is 200 g/mol. The van der Waals surface area contributed by atoms with Gasteiger partial charge in [0, 0.05) is 6.42 Å². The summed E-state index contributed by atoms with van der Waals surface area (Å²) in [5.74, 6) is -1.45. The molecular weight excluding hydrogens is 184 g/mol. The minimum absolute atomic E-state index is 0.0117. The highest BCUT2D eigenvalue weighted by Crippen LogP contribution is 2.41. The Balaban J connectivity index is 2.27. The van der Waals surface area contributed by atoms with E-state index in [4.69, 9.17) is 9.84 Å². The highest BCUT2D eigenvalue weighted by Gasteiger charge is 2.44. The van der Waals surface area contributed by atoms with Crippen molar-refractivity contribution in [2.45, 2.75) is 39.2 Å². The first-order chi connectivity index (χ1) is 6.29. The van der Waals surface area contributed by atoms with E-state index in [1.165, 1.54) is 0 Å². The van der Waals surface area contributed by atoms with E-state index in [-0.39, 0.29) is 24.2 Å². The molecule has 80 valence electrons. The summed E-state index contributed by atoms with van der Waals surface area (Å²) in [6.07, 6.45) is 0.836. The molecule has 0 amide bonds. The Morgan fingerprint density at radius 1 is 1.43 bits per heavy atom. The number of carbonyl (C=O) groups excluding carboxylic acids is 1. The Kier molecular flexibility index (Phi) is 2.83. The lowest BCUT2D eigenvalue weighted by molar-refractivity contribution is -0.155. The summed E-state index contributed by atoms with van der Waals surface area (Å²) in [6, 6.07) is 0. The Labute approximate surface area is 83.2 Å². The summed E-state index contributed by atoms with van der Waals surface area (Å²) >= 11 is 0. The number of rotatable bonds is 3. The van der Waals surface area contributed by atoms with Crippen LogP contribution in [0.15, 0.2) is 0 Å². The van der Waals surface area contributed by atoms with Crippen molar-refractivity contribution in [3.8, 4) is 0 Å². The molecule has 0 radical (unpaired) electrons. The minimum atomic E-state index is -0.807. The van der Waals surface area contributed by atoms with Gasteiger partial charge in [-0.15, -0.1) is 0 Å². The number of esters is 1. The molecule has 0 heterocycles. The summed E-state index contributed by atoms with van der Waals surface area (Å²) in [5.41, 5.74) is -0.481. The minimum Gasteiger partial charge on any atom is -0.481 e. The van der Waals surface area contributed by atoms with Gasteiger partial charge in [0.2, 0.25) is 0 Å². The van der Waals surface area contributed by atoms with Crippen LogP contribution in [0, 0.1) is 11.8 Å². The van der Waals surface area contributed by atoms with Crippen LogP contribution < -0.4 is 0 Å². The number of carbonyl (C=O) groups is 2. The van der Waals surface area contributed by atoms with Crippen LogP contribution in [0.5, 0.6) is 0 Å². The van der Waals surface area contributed by atoms with E-state index in [0.29, 0.717) is 6.42 Å². The summed E-state index contributed by atoms with van der Waals surface area (Å²) in [6.45, 7) is 5.39. The van der Waals surface area contributed by atoms with Crippen LogP contribution >= 0.6 is 0 Å². The van der Waals surface area contributed by atoms with Gasteiger partial charge in [-0.1, -0.05) is 0 Å². The van der Waals surface area contributed by atoms with Gasteiger partial charge >= 0.3 is 11.9 Å². The summed E-state index contributed by atoms with van der Waals surface area (Å²) < 4.78 is 5.08. The van der Waals surface area contributed by atoms with Crippen molar-refractivity contribution in [3.63, 3.8) is 0 Å². The van der Waals surface area contributed by atoms with Crippen LogP contribution in [0.4, 0.5) is 0 Å². The fraction of sp³-hybridized carbons (Fsp3) is 0.800. The normalized spacial score (nSPS) is 25.6. The molecule has 4 nitrogen and oxygen atoms in total. The first-order valence-corrected chi connectivity index (χ1v) is 4.74. The summed E-state index contributed by atoms with van der Waals surface area (Å²) in [7, 11) is 0. The van der Waals surface area contributed by atoms with Gasteiger partial charge in [0.05, 0.1) is 5.92 Å². The molecule has 1 aliphatic carbocycles. The molecule has 1 N–H and O–H groups in total. The quantitative estimate of drug-likeness (QED) is 0.700. The van der Waals surface area contributed by atoms with Crippen LogP contribution in [-0.4, -0.2) is 22.6 Å². The van der Waals surface area contributed by atoms with E-state index in [1.54, 1.807) is 20.8 Å². The molecule has 4 heteroatoms. The van der Waals surface area contributed by atoms with Crippen molar-refractivity contribution in [3.05, 3.63) is 0 Å². The molecule has 1 saturated carbocycles. The fourth-order valence-electron chi connectivity index (χ4n) is 1.37. The SMILES string of the molecule is CC(C)(C)OC(=O)CC1CC1C(=O)O. The number of ether oxygens (including phenoxy) is 1. The molecule has 0 aromatic carbocycles. The van der Waals surface area contributed by atoms with Crippen LogP contribution in [-0.2, 0) is 14.3 Å². The van der Waals surface area contributed by atoms with Crippen LogP contribution in [0.1, 0.15) is 33.6 Å². The van der Waals surface area contributed by atoms with Crippen LogP contribution in [0.3, 0.4) is 0 Å². The number of carboxylic acids is 1. The van der Waals surface area contributed by atoms with Gasteiger partial charge in [0.1, 0.15) is 5.60 Å². The Morgan fingerprint density at radius 3 is 2.36 bits per heavy atom. The number of hydrogen-bond acceptors (Lipinski definition) is 3. The molecule has 1 fully saturated rings. The standard InChI is InChI=1S/C10H16O4/c1-10(2,3)14-8(11)5-6-4-7(6)9(12)13/h6-7H,4-5H2,1-3H3,(H,12,13). The third-order valence-electron chi connectivity index (χ3n) is 2.09. The lowest BCUT2D eigenvalue weighted by Crippen LogP contribution is -2.24. The molecule has 0 aliphatic heterocycles. The molecule has 0 bridgehead atoms. The predicted octanol–water partition coefficient (Wildman–Crippen LogP) is 1.44. The van der Waals surface area contributed by atoms with Gasteiger partial charge < -0.3 is 9.84 Å². The zero-order valence-electron chi connectivity index (χ0n) is 8.74. The van der Waals surface area contributed by atoms with Gasteiger partial charge in [-0.05, 0) is 33.1 Å². The summed E-state index contributed by atoms with van der Waals surface area (Å²) in [4.78, 5) is 21.7. The van der Waals surface area contributed by atoms with Crippen molar-refractivity contribution in [1.29, 1.82) is 0 Å². The van der Waals surface area contributed by atoms with E-state index < -0.39 is 11.6 Å². The maximum Gasteiger partial charge on any atom is 0.306 e. The van der Waals surface area contributed by atoms with Gasteiger partial charge in [-0.2, -0.15) is 0 Å². The van der Waals surface area contributed by atoms with Crippen molar-refractivity contribution in [2.24, 2.45) is 11.8 Å². The molecule has 1 aliphatic rings. The number of aliphatic carboxylic acids is 1. The second kappa shape index (κ2) is 3.59. The molecule has 1 rings (SSSR count). The third-order valence-corrected chi connectivity index (χ3v) is 2.09. The molecule has 2 unspecified atom stereocenters. The van der Waals surface area contributed by atoms with Crippen LogP contribution in [0.2, 0.25) is 0 Å². The largest absolute Gasteiger partial charge is 0.481 e. The Bertz CT molecular complexity index is 251. The van der Waals surface area contributed by atoms with Crippen molar-refractivity contribution < 1.29 is 19.4 Å². The predicted molar refractivity (Wildman–Crippen MR) is 49.7 cm³/mol. The van der Waals surface area contributed by atoms with Gasteiger partial charge in [-0.3, -0.25) is 9.59 Å². The summed E-state index contributed by atoms with van der Waals surface area (Å²) in [5, 5.41) is 8.62. The highest BCUT2D eigenvalue weighted by atomic mass is 16.6. The topological polar surface area (TPSA) is 63.6 Å². The lowest BCUT2D eigenvalue weighted by atomic mass is 10.2. The van der Waals surface area contributed by atoms with Crippen molar-refractivity contribution in [2.75, 3.05) is 0 Å². The second-order valence-corrected chi connectivity index (χ2v) is 4.73. The molecule has 0 spiro atoms. The van der Waals surface area contributed by atoms with Gasteiger partial charge in [-0.25, -0.2) is 0 Å². The van der Waals surface area contributed by atoms with E-state index >= 15 is 0 Å². The highest BCUT2D eigenvalue weighted by molar-refractivity contribution is 5.77. The number of hydrogen-bond donors (Lipinski definition) is 1. The zero-order valence-corrected chi connectivity index (χ0v) is 8.74. The molecular formula is C10H16O4. The van der Waals surface area contributed by atoms with Crippen LogP contribution in [0.25, 0.3) is 0 Å². The average Bonchev–Trinajstić information content (AvgIpc) is 2.61. The van der Waals surface area contributed by atoms with E-state index in [9.17, 15) is 9.59 Å². The van der Waals surface area contributed by atoms with E-state index in [0.717, 1.165) is 0 Å². The molecule has 14 heavy (non-hydrogen) atoms. The van der Waals surface area contributed by atoms with Crippen molar-refractivity contribution >= 4 is 11.9 Å². The van der Waals surface area contributed by atoms with E-state index in [1.807, 2.05) is 0 Å². The lowest BCUT2D eigenvalue weighted by Gasteiger charge is -2.19. The van der Waals surface area contributed by atoms with Gasteiger partial charge in [0.15, 0.2) is 0 Å². The third kappa shape index (κ3) is 3.36. The smallest absolute Gasteiger partial charge is 0.306 e. The molecule has 2 atom stereocenters. The van der Waals surface area contributed by atoms with Crippen molar-refractivity contribution in [1.82, 2.24) is 0 Å². The first kappa shape index (κ1) is 11.0. The zero-order chi connectivity index (χ0) is 10.9. The average molecular weight is 200 g/mol. The van der Waals surface area contributed by atoms with Gasteiger partial charge in [0.25, 0.3) is 0 Å².